The fourth-order valence-electron chi connectivity index (χ4n) is 2.79. The van der Waals surface area contributed by atoms with Crippen LogP contribution in [0, 0.1) is 0 Å². The summed E-state index contributed by atoms with van der Waals surface area (Å²) < 4.78 is 0. The number of nitrogens with two attached hydrogens (primary N) is 1. The second-order valence-corrected chi connectivity index (χ2v) is 5.26. The molecule has 4 N–H and O–H groups in total. The maximum absolute atomic E-state index is 11.2. The zero-order valence-corrected chi connectivity index (χ0v) is 11.7. The SMILES string of the molecule is NCCN1C[C@H](NCCc2ccccc2)C[C@H]1C(=O)O. The minimum atomic E-state index is -0.745. The molecular weight excluding hydrogens is 254 g/mol. The Balaban J connectivity index is 1.78. The van der Waals surface area contributed by atoms with Crippen LogP contribution >= 0.6 is 0 Å². The molecule has 1 aliphatic heterocycles. The molecule has 20 heavy (non-hydrogen) atoms. The van der Waals surface area contributed by atoms with Gasteiger partial charge in [0, 0.05) is 25.7 Å². The van der Waals surface area contributed by atoms with Gasteiger partial charge in [-0.25, -0.2) is 0 Å². The summed E-state index contributed by atoms with van der Waals surface area (Å²) in [6.45, 7) is 2.79. The molecule has 2 rings (SSSR count). The Kier molecular flexibility index (Phi) is 5.52. The number of benzene rings is 1. The Labute approximate surface area is 119 Å². The fraction of sp³-hybridized carbons (Fsp3) is 0.533. The van der Waals surface area contributed by atoms with E-state index >= 15 is 0 Å². The fourth-order valence-corrected chi connectivity index (χ4v) is 2.79. The van der Waals surface area contributed by atoms with Gasteiger partial charge < -0.3 is 16.2 Å². The van der Waals surface area contributed by atoms with Gasteiger partial charge in [-0.05, 0) is 24.9 Å². The molecule has 5 nitrogen and oxygen atoms in total. The van der Waals surface area contributed by atoms with Crippen molar-refractivity contribution in [2.24, 2.45) is 5.73 Å². The third-order valence-corrected chi connectivity index (χ3v) is 3.79. The Hall–Kier alpha value is -1.43. The van der Waals surface area contributed by atoms with Crippen molar-refractivity contribution in [2.45, 2.75) is 24.9 Å². The van der Waals surface area contributed by atoms with Crippen molar-refractivity contribution in [3.8, 4) is 0 Å². The van der Waals surface area contributed by atoms with Crippen molar-refractivity contribution in [1.29, 1.82) is 0 Å². The predicted octanol–water partition coefficient (Wildman–Crippen LogP) is 0.305. The molecule has 0 spiro atoms. The average molecular weight is 277 g/mol. The van der Waals surface area contributed by atoms with Crippen LogP contribution in [0.5, 0.6) is 0 Å². The summed E-state index contributed by atoms with van der Waals surface area (Å²) >= 11 is 0. The molecule has 0 aromatic heterocycles. The Morgan fingerprint density at radius 1 is 1.40 bits per heavy atom. The minimum absolute atomic E-state index is 0.242. The molecule has 0 aliphatic carbocycles. The number of hydrogen-bond donors (Lipinski definition) is 3. The smallest absolute Gasteiger partial charge is 0.320 e. The largest absolute Gasteiger partial charge is 0.480 e. The van der Waals surface area contributed by atoms with Crippen LogP contribution in [0.3, 0.4) is 0 Å². The molecule has 0 amide bonds. The topological polar surface area (TPSA) is 78.6 Å². The van der Waals surface area contributed by atoms with E-state index in [0.717, 1.165) is 19.5 Å². The van der Waals surface area contributed by atoms with E-state index in [0.29, 0.717) is 19.5 Å². The van der Waals surface area contributed by atoms with E-state index in [1.165, 1.54) is 5.56 Å². The van der Waals surface area contributed by atoms with Gasteiger partial charge in [-0.3, -0.25) is 9.69 Å². The zero-order chi connectivity index (χ0) is 14.4. The van der Waals surface area contributed by atoms with E-state index < -0.39 is 12.0 Å². The second-order valence-electron chi connectivity index (χ2n) is 5.26. The Morgan fingerprint density at radius 2 is 2.15 bits per heavy atom. The van der Waals surface area contributed by atoms with E-state index in [1.54, 1.807) is 0 Å². The number of aliphatic carboxylic acids is 1. The lowest BCUT2D eigenvalue weighted by Crippen LogP contribution is -2.39. The van der Waals surface area contributed by atoms with Crippen molar-refractivity contribution in [3.63, 3.8) is 0 Å². The van der Waals surface area contributed by atoms with Crippen molar-refractivity contribution in [2.75, 3.05) is 26.2 Å². The van der Waals surface area contributed by atoms with E-state index in [-0.39, 0.29) is 6.04 Å². The molecule has 1 fully saturated rings. The highest BCUT2D eigenvalue weighted by molar-refractivity contribution is 5.74. The van der Waals surface area contributed by atoms with Crippen LogP contribution in [0.2, 0.25) is 0 Å². The van der Waals surface area contributed by atoms with Gasteiger partial charge in [-0.1, -0.05) is 30.3 Å². The number of rotatable bonds is 7. The predicted molar refractivity (Wildman–Crippen MR) is 78.6 cm³/mol. The van der Waals surface area contributed by atoms with Crippen molar-refractivity contribution < 1.29 is 9.90 Å². The summed E-state index contributed by atoms with van der Waals surface area (Å²) in [5.74, 6) is -0.745. The average Bonchev–Trinajstić information content (AvgIpc) is 2.84. The highest BCUT2D eigenvalue weighted by atomic mass is 16.4. The van der Waals surface area contributed by atoms with Crippen molar-refractivity contribution in [1.82, 2.24) is 10.2 Å². The van der Waals surface area contributed by atoms with Gasteiger partial charge in [0.15, 0.2) is 0 Å². The molecule has 0 bridgehead atoms. The molecule has 110 valence electrons. The summed E-state index contributed by atoms with van der Waals surface area (Å²) in [7, 11) is 0. The molecule has 1 aromatic carbocycles. The molecule has 1 aromatic rings. The van der Waals surface area contributed by atoms with Gasteiger partial charge in [-0.2, -0.15) is 0 Å². The third-order valence-electron chi connectivity index (χ3n) is 3.79. The van der Waals surface area contributed by atoms with Crippen molar-refractivity contribution >= 4 is 5.97 Å². The standard InChI is InChI=1S/C15H23N3O2/c16-7-9-18-11-13(10-14(18)15(19)20)17-8-6-12-4-2-1-3-5-12/h1-5,13-14,17H,6-11,16H2,(H,19,20)/t13-,14+/m1/s1. The van der Waals surface area contributed by atoms with Crippen LogP contribution in [0.4, 0.5) is 0 Å². The van der Waals surface area contributed by atoms with Crippen LogP contribution in [-0.4, -0.2) is 54.2 Å². The summed E-state index contributed by atoms with van der Waals surface area (Å²) in [5, 5.41) is 12.7. The maximum atomic E-state index is 11.2. The van der Waals surface area contributed by atoms with E-state index in [1.807, 2.05) is 23.1 Å². The van der Waals surface area contributed by atoms with Gasteiger partial charge in [0.1, 0.15) is 6.04 Å². The van der Waals surface area contributed by atoms with Crippen LogP contribution in [0.15, 0.2) is 30.3 Å². The summed E-state index contributed by atoms with van der Waals surface area (Å²) in [6, 6.07) is 10.1. The number of carbonyl (C=O) groups is 1. The molecule has 0 radical (unpaired) electrons. The normalized spacial score (nSPS) is 23.1. The number of nitrogens with one attached hydrogen (secondary N) is 1. The molecule has 1 aliphatic rings. The first-order chi connectivity index (χ1) is 9.70. The Bertz CT molecular complexity index is 424. The Morgan fingerprint density at radius 3 is 2.80 bits per heavy atom. The highest BCUT2D eigenvalue weighted by Crippen LogP contribution is 2.17. The van der Waals surface area contributed by atoms with Gasteiger partial charge in [0.25, 0.3) is 0 Å². The van der Waals surface area contributed by atoms with Crippen molar-refractivity contribution in [3.05, 3.63) is 35.9 Å². The van der Waals surface area contributed by atoms with Crippen LogP contribution in [-0.2, 0) is 11.2 Å². The van der Waals surface area contributed by atoms with E-state index in [4.69, 9.17) is 5.73 Å². The molecular formula is C15H23N3O2. The lowest BCUT2D eigenvalue weighted by atomic mass is 10.1. The number of carboxylic acids is 1. The van der Waals surface area contributed by atoms with E-state index in [2.05, 4.69) is 17.4 Å². The van der Waals surface area contributed by atoms with Crippen LogP contribution in [0.25, 0.3) is 0 Å². The first-order valence-electron chi connectivity index (χ1n) is 7.15. The lowest BCUT2D eigenvalue weighted by molar-refractivity contribution is -0.142. The lowest BCUT2D eigenvalue weighted by Gasteiger charge is -2.19. The number of carboxylic acid groups (broad SMARTS) is 1. The molecule has 2 atom stereocenters. The van der Waals surface area contributed by atoms with Gasteiger partial charge in [-0.15, -0.1) is 0 Å². The molecule has 5 heteroatoms. The third kappa shape index (κ3) is 4.03. The number of hydrogen-bond acceptors (Lipinski definition) is 4. The minimum Gasteiger partial charge on any atom is -0.480 e. The number of likely N-dealkylation sites (tertiary alicyclic amines) is 1. The van der Waals surface area contributed by atoms with Gasteiger partial charge in [0.2, 0.25) is 0 Å². The second kappa shape index (κ2) is 7.38. The van der Waals surface area contributed by atoms with Gasteiger partial charge >= 0.3 is 5.97 Å². The first-order valence-corrected chi connectivity index (χ1v) is 7.15. The summed E-state index contributed by atoms with van der Waals surface area (Å²) in [6.07, 6.45) is 1.62. The monoisotopic (exact) mass is 277 g/mol. The molecule has 1 heterocycles. The van der Waals surface area contributed by atoms with Gasteiger partial charge in [0.05, 0.1) is 0 Å². The zero-order valence-electron chi connectivity index (χ0n) is 11.7. The quantitative estimate of drug-likeness (QED) is 0.668. The number of nitrogens with zero attached hydrogens (tertiary/aromatic N) is 1. The molecule has 0 unspecified atom stereocenters. The maximum Gasteiger partial charge on any atom is 0.320 e. The highest BCUT2D eigenvalue weighted by Gasteiger charge is 2.35. The molecule has 1 saturated heterocycles. The summed E-state index contributed by atoms with van der Waals surface area (Å²) in [5.41, 5.74) is 6.84. The van der Waals surface area contributed by atoms with Crippen LogP contribution in [0.1, 0.15) is 12.0 Å². The molecule has 0 saturated carbocycles. The van der Waals surface area contributed by atoms with E-state index in [9.17, 15) is 9.90 Å². The summed E-state index contributed by atoms with van der Waals surface area (Å²) in [4.78, 5) is 13.2. The van der Waals surface area contributed by atoms with Crippen LogP contribution < -0.4 is 11.1 Å². The first kappa shape index (κ1) is 15.0.